The van der Waals surface area contributed by atoms with Gasteiger partial charge in [0.1, 0.15) is 11.4 Å². The largest absolute Gasteiger partial charge is 0.378 e. The van der Waals surface area contributed by atoms with Gasteiger partial charge in [0.15, 0.2) is 0 Å². The van der Waals surface area contributed by atoms with E-state index in [0.717, 1.165) is 26.2 Å². The summed E-state index contributed by atoms with van der Waals surface area (Å²) >= 11 is 0. The molecule has 3 aromatic carbocycles. The first-order valence-electron chi connectivity index (χ1n) is 10.4. The molecule has 0 saturated carbocycles. The Morgan fingerprint density at radius 2 is 1.40 bits per heavy atom. The first-order valence-corrected chi connectivity index (χ1v) is 10.4. The molecular formula is C24H28N4O2. The van der Waals surface area contributed by atoms with Crippen LogP contribution in [0.1, 0.15) is 11.6 Å². The van der Waals surface area contributed by atoms with Crippen LogP contribution in [0.5, 0.6) is 0 Å². The Morgan fingerprint density at radius 3 is 2.00 bits per heavy atom. The van der Waals surface area contributed by atoms with Crippen molar-refractivity contribution in [1.29, 1.82) is 0 Å². The maximum absolute atomic E-state index is 12.4. The molecule has 1 atom stereocenters. The standard InChI is InChI=1S/C24H28N4O2/c1-26(2)20(18-9-5-3-6-10-18)17-25-21-22(24(30)23(21)29)28-15-13-27(14-16-28)19-11-7-4-8-12-19/h3-12,20,25H,13-17H2,1-2H3/t20-/m1/s1. The van der Waals surface area contributed by atoms with Crippen LogP contribution >= 0.6 is 0 Å². The summed E-state index contributed by atoms with van der Waals surface area (Å²) in [5.74, 6) is 0. The molecule has 1 aliphatic heterocycles. The molecule has 0 aromatic heterocycles. The quantitative estimate of drug-likeness (QED) is 0.610. The number of nitrogens with one attached hydrogen (secondary N) is 1. The molecule has 0 spiro atoms. The highest BCUT2D eigenvalue weighted by atomic mass is 16.2. The Kier molecular flexibility index (Phi) is 5.86. The molecule has 156 valence electrons. The molecule has 1 heterocycles. The molecule has 0 bridgehead atoms. The highest BCUT2D eigenvalue weighted by Crippen LogP contribution is 2.25. The van der Waals surface area contributed by atoms with E-state index in [-0.39, 0.29) is 11.5 Å². The van der Waals surface area contributed by atoms with Crippen molar-refractivity contribution in [3.8, 4) is 0 Å². The van der Waals surface area contributed by atoms with Crippen LogP contribution in [0, 0.1) is 0 Å². The van der Waals surface area contributed by atoms with E-state index in [1.54, 1.807) is 0 Å². The third-order valence-electron chi connectivity index (χ3n) is 5.88. The molecule has 0 radical (unpaired) electrons. The lowest BCUT2D eigenvalue weighted by Crippen LogP contribution is -2.51. The van der Waals surface area contributed by atoms with Gasteiger partial charge in [-0.3, -0.25) is 9.59 Å². The van der Waals surface area contributed by atoms with Crippen LogP contribution in [0.4, 0.5) is 17.1 Å². The zero-order valence-electron chi connectivity index (χ0n) is 17.5. The molecular weight excluding hydrogens is 376 g/mol. The third-order valence-corrected chi connectivity index (χ3v) is 5.88. The smallest absolute Gasteiger partial charge is 0.253 e. The number of piperazine rings is 1. The van der Waals surface area contributed by atoms with Crippen LogP contribution in [0.2, 0.25) is 0 Å². The van der Waals surface area contributed by atoms with Gasteiger partial charge >= 0.3 is 0 Å². The van der Waals surface area contributed by atoms with Crippen molar-refractivity contribution >= 4 is 17.1 Å². The Labute approximate surface area is 177 Å². The van der Waals surface area contributed by atoms with Gasteiger partial charge in [-0.25, -0.2) is 0 Å². The number of likely N-dealkylation sites (N-methyl/N-ethyl adjacent to an activating group) is 1. The summed E-state index contributed by atoms with van der Waals surface area (Å²) < 4.78 is 0. The number of hydrogen-bond acceptors (Lipinski definition) is 6. The molecule has 6 nitrogen and oxygen atoms in total. The lowest BCUT2D eigenvalue weighted by atomic mass is 10.1. The van der Waals surface area contributed by atoms with Crippen LogP contribution < -0.4 is 26.0 Å². The predicted molar refractivity (Wildman–Crippen MR) is 124 cm³/mol. The number of rotatable bonds is 7. The van der Waals surface area contributed by atoms with Crippen molar-refractivity contribution in [3.05, 3.63) is 86.7 Å². The second-order valence-electron chi connectivity index (χ2n) is 7.96. The van der Waals surface area contributed by atoms with Gasteiger partial charge in [0.05, 0.1) is 6.04 Å². The lowest BCUT2D eigenvalue weighted by Gasteiger charge is -2.38. The van der Waals surface area contributed by atoms with Gasteiger partial charge in [-0.15, -0.1) is 0 Å². The minimum absolute atomic E-state index is 0.110. The molecule has 0 aliphatic carbocycles. The molecule has 3 aromatic rings. The summed E-state index contributed by atoms with van der Waals surface area (Å²) in [5.41, 5.74) is 2.62. The molecule has 1 N–H and O–H groups in total. The van der Waals surface area contributed by atoms with Gasteiger partial charge in [-0.2, -0.15) is 0 Å². The van der Waals surface area contributed by atoms with E-state index < -0.39 is 5.43 Å². The fourth-order valence-electron chi connectivity index (χ4n) is 4.14. The van der Waals surface area contributed by atoms with E-state index in [4.69, 9.17) is 0 Å². The van der Waals surface area contributed by atoms with Crippen LogP contribution in [0.3, 0.4) is 0 Å². The molecule has 0 amide bonds. The minimum atomic E-state index is -0.402. The summed E-state index contributed by atoms with van der Waals surface area (Å²) in [6.07, 6.45) is 0. The first-order chi connectivity index (χ1) is 14.6. The summed E-state index contributed by atoms with van der Waals surface area (Å²) in [5, 5.41) is 3.28. The zero-order valence-corrected chi connectivity index (χ0v) is 17.5. The Hall–Kier alpha value is -3.12. The summed E-state index contributed by atoms with van der Waals surface area (Å²) in [6.45, 7) is 3.67. The molecule has 4 rings (SSSR count). The van der Waals surface area contributed by atoms with Gasteiger partial charge in [-0.1, -0.05) is 48.5 Å². The topological polar surface area (TPSA) is 55.9 Å². The van der Waals surface area contributed by atoms with Gasteiger partial charge in [0.2, 0.25) is 0 Å². The SMILES string of the molecule is CN(C)[C@H](CNc1c(N2CCN(c3ccccc3)CC2)c(=O)c1=O)c1ccccc1. The van der Waals surface area contributed by atoms with Crippen LogP contribution in [0.15, 0.2) is 70.3 Å². The molecule has 30 heavy (non-hydrogen) atoms. The summed E-state index contributed by atoms with van der Waals surface area (Å²) in [6, 6.07) is 20.6. The van der Waals surface area contributed by atoms with E-state index in [0.29, 0.717) is 17.9 Å². The van der Waals surface area contributed by atoms with Gasteiger partial charge in [-0.05, 0) is 31.8 Å². The minimum Gasteiger partial charge on any atom is -0.378 e. The fraction of sp³-hybridized carbons (Fsp3) is 0.333. The monoisotopic (exact) mass is 404 g/mol. The lowest BCUT2D eigenvalue weighted by molar-refractivity contribution is 0.312. The molecule has 6 heteroatoms. The Bertz CT molecular complexity index is 1030. The highest BCUT2D eigenvalue weighted by Gasteiger charge is 2.29. The first kappa shape index (κ1) is 20.2. The van der Waals surface area contributed by atoms with E-state index >= 15 is 0 Å². The van der Waals surface area contributed by atoms with Crippen molar-refractivity contribution in [3.63, 3.8) is 0 Å². The van der Waals surface area contributed by atoms with Crippen molar-refractivity contribution in [2.75, 3.05) is 61.9 Å². The van der Waals surface area contributed by atoms with Gasteiger partial charge < -0.3 is 20.0 Å². The fourth-order valence-corrected chi connectivity index (χ4v) is 4.14. The van der Waals surface area contributed by atoms with E-state index in [9.17, 15) is 9.59 Å². The van der Waals surface area contributed by atoms with Crippen molar-refractivity contribution < 1.29 is 0 Å². The Morgan fingerprint density at radius 1 is 0.833 bits per heavy atom. The van der Waals surface area contributed by atoms with E-state index in [1.165, 1.54) is 11.3 Å². The predicted octanol–water partition coefficient (Wildman–Crippen LogP) is 2.32. The number of para-hydroxylation sites is 1. The van der Waals surface area contributed by atoms with Crippen molar-refractivity contribution in [1.82, 2.24) is 4.90 Å². The van der Waals surface area contributed by atoms with Crippen molar-refractivity contribution in [2.45, 2.75) is 6.04 Å². The van der Waals surface area contributed by atoms with Crippen LogP contribution in [-0.2, 0) is 0 Å². The van der Waals surface area contributed by atoms with E-state index in [1.807, 2.05) is 50.5 Å². The number of benzene rings is 2. The van der Waals surface area contributed by atoms with E-state index in [2.05, 4.69) is 44.3 Å². The summed E-state index contributed by atoms with van der Waals surface area (Å²) in [4.78, 5) is 31.1. The second kappa shape index (κ2) is 8.71. The average Bonchev–Trinajstić information content (AvgIpc) is 2.79. The molecule has 1 aliphatic rings. The van der Waals surface area contributed by atoms with Crippen LogP contribution in [0.25, 0.3) is 0 Å². The third kappa shape index (κ3) is 3.96. The van der Waals surface area contributed by atoms with Crippen LogP contribution in [-0.4, -0.2) is 51.7 Å². The number of nitrogens with zero attached hydrogens (tertiary/aromatic N) is 3. The Balaban J connectivity index is 1.44. The summed E-state index contributed by atoms with van der Waals surface area (Å²) in [7, 11) is 4.04. The highest BCUT2D eigenvalue weighted by molar-refractivity contribution is 5.75. The second-order valence-corrected chi connectivity index (χ2v) is 7.96. The zero-order chi connectivity index (χ0) is 21.1. The molecule has 1 fully saturated rings. The molecule has 0 unspecified atom stereocenters. The number of hydrogen-bond donors (Lipinski definition) is 1. The number of anilines is 3. The van der Waals surface area contributed by atoms with Gasteiger partial charge in [0.25, 0.3) is 10.9 Å². The average molecular weight is 405 g/mol. The maximum Gasteiger partial charge on any atom is 0.253 e. The van der Waals surface area contributed by atoms with Gasteiger partial charge in [0, 0.05) is 38.4 Å². The van der Waals surface area contributed by atoms with Crippen molar-refractivity contribution in [2.24, 2.45) is 0 Å². The normalized spacial score (nSPS) is 15.6. The molecule has 1 saturated heterocycles. The maximum atomic E-state index is 12.4.